The van der Waals surface area contributed by atoms with Gasteiger partial charge in [-0.25, -0.2) is 4.98 Å². The van der Waals surface area contributed by atoms with Crippen molar-refractivity contribution in [1.29, 1.82) is 0 Å². The normalized spacial score (nSPS) is 18.0. The Labute approximate surface area is 124 Å². The summed E-state index contributed by atoms with van der Waals surface area (Å²) in [7, 11) is 0. The zero-order valence-corrected chi connectivity index (χ0v) is 13.5. The lowest BCUT2D eigenvalue weighted by Crippen LogP contribution is -2.27. The molecule has 0 atom stereocenters. The Bertz CT molecular complexity index is 389. The monoisotopic (exact) mass is 277 g/mol. The number of rotatable bonds is 8. The lowest BCUT2D eigenvalue weighted by atomic mass is 9.78. The second-order valence-electron chi connectivity index (χ2n) is 6.99. The number of nitrogens with one attached hydrogen (secondary N) is 1. The molecular weight excluding hydrogens is 246 g/mol. The van der Waals surface area contributed by atoms with E-state index in [1.807, 2.05) is 12.5 Å². The van der Waals surface area contributed by atoms with Gasteiger partial charge in [-0.3, -0.25) is 0 Å². The largest absolute Gasteiger partial charge is 0.333 e. The average Bonchev–Trinajstić information content (AvgIpc) is 3.00. The van der Waals surface area contributed by atoms with Crippen LogP contribution in [0.5, 0.6) is 0 Å². The predicted molar refractivity (Wildman–Crippen MR) is 84.6 cm³/mol. The van der Waals surface area contributed by atoms with Crippen LogP contribution < -0.4 is 5.32 Å². The summed E-state index contributed by atoms with van der Waals surface area (Å²) in [5.74, 6) is 0.790. The van der Waals surface area contributed by atoms with Crippen LogP contribution in [0.25, 0.3) is 0 Å². The summed E-state index contributed by atoms with van der Waals surface area (Å²) in [6.45, 7) is 10.1. The zero-order chi connectivity index (χ0) is 14.4. The van der Waals surface area contributed by atoms with Gasteiger partial charge >= 0.3 is 0 Å². The van der Waals surface area contributed by atoms with Crippen LogP contribution in [0.3, 0.4) is 0 Å². The first kappa shape index (κ1) is 15.6. The van der Waals surface area contributed by atoms with Gasteiger partial charge in [-0.1, -0.05) is 33.6 Å². The van der Waals surface area contributed by atoms with E-state index in [4.69, 9.17) is 0 Å². The lowest BCUT2D eigenvalue weighted by Gasteiger charge is -2.32. The smallest absolute Gasteiger partial charge is 0.0948 e. The molecule has 0 spiro atoms. The second kappa shape index (κ2) is 7.26. The van der Waals surface area contributed by atoms with E-state index in [9.17, 15) is 0 Å². The summed E-state index contributed by atoms with van der Waals surface area (Å²) in [6.07, 6.45) is 12.2. The number of hydrogen-bond donors (Lipinski definition) is 1. The van der Waals surface area contributed by atoms with Crippen LogP contribution in [0.4, 0.5) is 0 Å². The van der Waals surface area contributed by atoms with Crippen LogP contribution in [0.2, 0.25) is 0 Å². The Hall–Kier alpha value is -0.830. The number of nitrogens with zero attached hydrogens (tertiary/aromatic N) is 2. The van der Waals surface area contributed by atoms with Gasteiger partial charge < -0.3 is 9.88 Å². The third-order valence-electron chi connectivity index (χ3n) is 4.54. The van der Waals surface area contributed by atoms with Crippen LogP contribution in [0.1, 0.15) is 65.0 Å². The average molecular weight is 277 g/mol. The quantitative estimate of drug-likeness (QED) is 0.728. The SMILES string of the molecule is CCCNCc1cncn1CC1(CC(C)C)CCCC1. The van der Waals surface area contributed by atoms with Crippen molar-refractivity contribution in [2.45, 2.75) is 72.4 Å². The molecule has 1 aliphatic carbocycles. The minimum Gasteiger partial charge on any atom is -0.333 e. The molecule has 114 valence electrons. The van der Waals surface area contributed by atoms with Crippen molar-refractivity contribution in [2.75, 3.05) is 6.54 Å². The summed E-state index contributed by atoms with van der Waals surface area (Å²) >= 11 is 0. The molecule has 0 aromatic carbocycles. The van der Waals surface area contributed by atoms with Crippen LogP contribution in [0, 0.1) is 11.3 Å². The maximum absolute atomic E-state index is 4.38. The van der Waals surface area contributed by atoms with Crippen molar-refractivity contribution < 1.29 is 0 Å². The van der Waals surface area contributed by atoms with Gasteiger partial charge in [-0.2, -0.15) is 0 Å². The predicted octanol–water partition coefficient (Wildman–Crippen LogP) is 3.99. The van der Waals surface area contributed by atoms with Crippen molar-refractivity contribution >= 4 is 0 Å². The van der Waals surface area contributed by atoms with Gasteiger partial charge in [-0.05, 0) is 43.6 Å². The standard InChI is InChI=1S/C17H31N3/c1-4-9-18-11-16-12-19-14-20(16)13-17(10-15(2)3)7-5-6-8-17/h12,14-15,18H,4-11,13H2,1-3H3. The second-order valence-corrected chi connectivity index (χ2v) is 6.99. The third-order valence-corrected chi connectivity index (χ3v) is 4.54. The van der Waals surface area contributed by atoms with E-state index in [2.05, 4.69) is 35.6 Å². The number of hydrogen-bond acceptors (Lipinski definition) is 2. The molecule has 0 bridgehead atoms. The number of aromatic nitrogens is 2. The van der Waals surface area contributed by atoms with Crippen LogP contribution in [-0.2, 0) is 13.1 Å². The lowest BCUT2D eigenvalue weighted by molar-refractivity contribution is 0.195. The van der Waals surface area contributed by atoms with Crippen LogP contribution in [0.15, 0.2) is 12.5 Å². The van der Waals surface area contributed by atoms with Crippen molar-refractivity contribution in [2.24, 2.45) is 11.3 Å². The van der Waals surface area contributed by atoms with E-state index in [0.717, 1.165) is 25.6 Å². The molecule has 1 aliphatic rings. The number of imidazole rings is 1. The molecule has 20 heavy (non-hydrogen) atoms. The van der Waals surface area contributed by atoms with E-state index in [0.29, 0.717) is 5.41 Å². The zero-order valence-electron chi connectivity index (χ0n) is 13.5. The van der Waals surface area contributed by atoms with E-state index in [-0.39, 0.29) is 0 Å². The summed E-state index contributed by atoms with van der Waals surface area (Å²) in [5, 5.41) is 3.50. The summed E-state index contributed by atoms with van der Waals surface area (Å²) in [4.78, 5) is 4.38. The Morgan fingerprint density at radius 1 is 1.35 bits per heavy atom. The maximum atomic E-state index is 4.38. The summed E-state index contributed by atoms with van der Waals surface area (Å²) in [5.41, 5.74) is 1.86. The van der Waals surface area contributed by atoms with Gasteiger partial charge in [0, 0.05) is 19.3 Å². The van der Waals surface area contributed by atoms with E-state index in [1.165, 1.54) is 44.2 Å². The fraction of sp³-hybridized carbons (Fsp3) is 0.824. The highest BCUT2D eigenvalue weighted by molar-refractivity contribution is 5.00. The first-order chi connectivity index (χ1) is 9.65. The van der Waals surface area contributed by atoms with E-state index >= 15 is 0 Å². The first-order valence-corrected chi connectivity index (χ1v) is 8.35. The molecule has 0 saturated heterocycles. The van der Waals surface area contributed by atoms with Crippen molar-refractivity contribution in [3.05, 3.63) is 18.2 Å². The molecule has 0 aliphatic heterocycles. The van der Waals surface area contributed by atoms with Gasteiger partial charge in [-0.15, -0.1) is 0 Å². The van der Waals surface area contributed by atoms with Crippen molar-refractivity contribution in [3.63, 3.8) is 0 Å². The fourth-order valence-electron chi connectivity index (χ4n) is 3.81. The van der Waals surface area contributed by atoms with Crippen molar-refractivity contribution in [3.8, 4) is 0 Å². The van der Waals surface area contributed by atoms with Gasteiger partial charge in [0.1, 0.15) is 0 Å². The minimum atomic E-state index is 0.522. The highest BCUT2D eigenvalue weighted by atomic mass is 15.1. The van der Waals surface area contributed by atoms with E-state index < -0.39 is 0 Å². The Balaban J connectivity index is 2.01. The Morgan fingerprint density at radius 2 is 2.10 bits per heavy atom. The topological polar surface area (TPSA) is 29.9 Å². The summed E-state index contributed by atoms with van der Waals surface area (Å²) in [6, 6.07) is 0. The molecule has 1 heterocycles. The highest BCUT2D eigenvalue weighted by Gasteiger charge is 2.35. The molecule has 1 aromatic heterocycles. The molecule has 1 saturated carbocycles. The molecule has 0 unspecified atom stereocenters. The molecule has 1 fully saturated rings. The Kier molecular flexibility index (Phi) is 5.64. The first-order valence-electron chi connectivity index (χ1n) is 8.35. The molecule has 1 aromatic rings. The molecule has 3 heteroatoms. The molecule has 0 radical (unpaired) electrons. The third kappa shape index (κ3) is 4.08. The summed E-state index contributed by atoms with van der Waals surface area (Å²) < 4.78 is 2.40. The van der Waals surface area contributed by atoms with Crippen LogP contribution >= 0.6 is 0 Å². The molecule has 3 nitrogen and oxygen atoms in total. The highest BCUT2D eigenvalue weighted by Crippen LogP contribution is 2.44. The molecule has 1 N–H and O–H groups in total. The van der Waals surface area contributed by atoms with Crippen molar-refractivity contribution in [1.82, 2.24) is 14.9 Å². The molecule has 0 amide bonds. The maximum Gasteiger partial charge on any atom is 0.0948 e. The van der Waals surface area contributed by atoms with Gasteiger partial charge in [0.05, 0.1) is 12.0 Å². The van der Waals surface area contributed by atoms with Gasteiger partial charge in [0.25, 0.3) is 0 Å². The van der Waals surface area contributed by atoms with Gasteiger partial charge in [0.2, 0.25) is 0 Å². The fourth-order valence-corrected chi connectivity index (χ4v) is 3.81. The van der Waals surface area contributed by atoms with Crippen LogP contribution in [-0.4, -0.2) is 16.1 Å². The minimum absolute atomic E-state index is 0.522. The van der Waals surface area contributed by atoms with Gasteiger partial charge in [0.15, 0.2) is 0 Å². The Morgan fingerprint density at radius 3 is 2.75 bits per heavy atom. The van der Waals surface area contributed by atoms with E-state index in [1.54, 1.807) is 0 Å². The molecular formula is C17H31N3. The molecule has 2 rings (SSSR count).